The number of nitriles is 1. The number of anilines is 1. The van der Waals surface area contributed by atoms with Crippen molar-refractivity contribution in [2.45, 2.75) is 39.0 Å². The normalized spacial score (nSPS) is 17.0. The highest BCUT2D eigenvalue weighted by Gasteiger charge is 2.34. The highest BCUT2D eigenvalue weighted by Crippen LogP contribution is 2.52. The van der Waals surface area contributed by atoms with Gasteiger partial charge in [-0.25, -0.2) is 0 Å². The van der Waals surface area contributed by atoms with Gasteiger partial charge in [-0.05, 0) is 77.0 Å². The van der Waals surface area contributed by atoms with Gasteiger partial charge in [0.15, 0.2) is 0 Å². The molecule has 6 rings (SSSR count). The standard InChI is InChI=1S/C28H26N2/c1-18-12-14-30(15-13-18)28-23-11-10-19-6-2-4-8-21(19)26(23)24-16-20-7-3-5-9-22(20)27(24)25(28)17-29/h2-9,18H,10-16H2,1H3. The number of hydrogen-bond acceptors (Lipinski definition) is 2. The minimum absolute atomic E-state index is 0.776. The third-order valence-electron chi connectivity index (χ3n) is 7.47. The third kappa shape index (κ3) is 2.48. The number of nitrogens with zero attached hydrogens (tertiary/aromatic N) is 2. The van der Waals surface area contributed by atoms with E-state index in [-0.39, 0.29) is 0 Å². The first-order valence-corrected chi connectivity index (χ1v) is 11.3. The van der Waals surface area contributed by atoms with Gasteiger partial charge in [0, 0.05) is 18.7 Å². The Morgan fingerprint density at radius 2 is 1.50 bits per heavy atom. The zero-order valence-electron chi connectivity index (χ0n) is 17.5. The van der Waals surface area contributed by atoms with Gasteiger partial charge in [-0.15, -0.1) is 0 Å². The maximum absolute atomic E-state index is 10.4. The lowest BCUT2D eigenvalue weighted by molar-refractivity contribution is 0.438. The van der Waals surface area contributed by atoms with Crippen LogP contribution in [-0.2, 0) is 19.3 Å². The van der Waals surface area contributed by atoms with Crippen molar-refractivity contribution in [3.63, 3.8) is 0 Å². The highest BCUT2D eigenvalue weighted by molar-refractivity contribution is 5.96. The number of rotatable bonds is 1. The van der Waals surface area contributed by atoms with Crippen LogP contribution in [0, 0.1) is 17.2 Å². The van der Waals surface area contributed by atoms with E-state index in [0.717, 1.165) is 43.8 Å². The predicted molar refractivity (Wildman–Crippen MR) is 123 cm³/mol. The number of benzene rings is 3. The van der Waals surface area contributed by atoms with Crippen LogP contribution in [-0.4, -0.2) is 13.1 Å². The minimum atomic E-state index is 0.776. The molecular formula is C28H26N2. The van der Waals surface area contributed by atoms with Crippen molar-refractivity contribution in [1.82, 2.24) is 0 Å². The summed E-state index contributed by atoms with van der Waals surface area (Å²) in [5.74, 6) is 0.776. The Labute approximate surface area is 178 Å². The summed E-state index contributed by atoms with van der Waals surface area (Å²) < 4.78 is 0. The first kappa shape index (κ1) is 17.8. The molecule has 0 bridgehead atoms. The summed E-state index contributed by atoms with van der Waals surface area (Å²) in [6.45, 7) is 4.47. The van der Waals surface area contributed by atoms with Crippen molar-refractivity contribution in [3.05, 3.63) is 76.3 Å². The fourth-order valence-electron chi connectivity index (χ4n) is 5.93. The summed E-state index contributed by atoms with van der Waals surface area (Å²) in [5.41, 5.74) is 13.1. The lowest BCUT2D eigenvalue weighted by Gasteiger charge is -2.37. The summed E-state index contributed by atoms with van der Waals surface area (Å²) in [4.78, 5) is 2.53. The number of aryl methyl sites for hydroxylation is 1. The molecule has 0 spiro atoms. The van der Waals surface area contributed by atoms with Crippen LogP contribution in [0.15, 0.2) is 48.5 Å². The molecule has 0 N–H and O–H groups in total. The summed E-state index contributed by atoms with van der Waals surface area (Å²) in [7, 11) is 0. The molecular weight excluding hydrogens is 364 g/mol. The van der Waals surface area contributed by atoms with Gasteiger partial charge in [0.2, 0.25) is 0 Å². The van der Waals surface area contributed by atoms with Gasteiger partial charge >= 0.3 is 0 Å². The van der Waals surface area contributed by atoms with Crippen LogP contribution in [0.25, 0.3) is 22.3 Å². The Bertz CT molecular complexity index is 1210. The molecule has 30 heavy (non-hydrogen) atoms. The molecule has 0 atom stereocenters. The van der Waals surface area contributed by atoms with Crippen LogP contribution >= 0.6 is 0 Å². The average Bonchev–Trinajstić information content (AvgIpc) is 3.18. The Kier molecular flexibility index (Phi) is 4.00. The molecule has 1 heterocycles. The smallest absolute Gasteiger partial charge is 0.102 e. The number of fused-ring (bicyclic) bond motifs is 7. The van der Waals surface area contributed by atoms with E-state index in [0.29, 0.717) is 0 Å². The van der Waals surface area contributed by atoms with Crippen LogP contribution in [0.3, 0.4) is 0 Å². The first-order valence-electron chi connectivity index (χ1n) is 11.3. The van der Waals surface area contributed by atoms with Gasteiger partial charge in [0.05, 0.1) is 11.3 Å². The fourth-order valence-corrected chi connectivity index (χ4v) is 5.93. The van der Waals surface area contributed by atoms with Crippen molar-refractivity contribution in [2.24, 2.45) is 5.92 Å². The molecule has 1 saturated heterocycles. The van der Waals surface area contributed by atoms with Gasteiger partial charge in [0.25, 0.3) is 0 Å². The van der Waals surface area contributed by atoms with Crippen LogP contribution < -0.4 is 4.90 Å². The zero-order chi connectivity index (χ0) is 20.2. The Balaban J connectivity index is 1.69. The van der Waals surface area contributed by atoms with Crippen molar-refractivity contribution >= 4 is 5.69 Å². The quantitative estimate of drug-likeness (QED) is 0.391. The molecule has 0 amide bonds. The molecule has 1 fully saturated rings. The molecule has 0 unspecified atom stereocenters. The Morgan fingerprint density at radius 1 is 0.833 bits per heavy atom. The number of piperidine rings is 1. The summed E-state index contributed by atoms with van der Waals surface area (Å²) in [5, 5.41) is 10.4. The van der Waals surface area contributed by atoms with Crippen molar-refractivity contribution in [2.75, 3.05) is 18.0 Å². The van der Waals surface area contributed by atoms with Crippen molar-refractivity contribution < 1.29 is 0 Å². The third-order valence-corrected chi connectivity index (χ3v) is 7.47. The van der Waals surface area contributed by atoms with E-state index in [1.165, 1.54) is 63.0 Å². The monoisotopic (exact) mass is 390 g/mol. The van der Waals surface area contributed by atoms with Gasteiger partial charge < -0.3 is 4.90 Å². The molecule has 148 valence electrons. The largest absolute Gasteiger partial charge is 0.370 e. The van der Waals surface area contributed by atoms with E-state index in [9.17, 15) is 5.26 Å². The SMILES string of the molecule is CC1CCN(c2c(C#N)c3c(c4c2CCc2ccccc2-4)Cc2ccccc2-3)CC1. The summed E-state index contributed by atoms with van der Waals surface area (Å²) in [6.07, 6.45) is 5.46. The van der Waals surface area contributed by atoms with Crippen molar-refractivity contribution in [1.29, 1.82) is 5.26 Å². The highest BCUT2D eigenvalue weighted by atomic mass is 15.1. The summed E-state index contributed by atoms with van der Waals surface area (Å²) >= 11 is 0. The van der Waals surface area contributed by atoms with E-state index in [4.69, 9.17) is 0 Å². The second kappa shape index (κ2) is 6.74. The maximum Gasteiger partial charge on any atom is 0.102 e. The predicted octanol–water partition coefficient (Wildman–Crippen LogP) is 6.13. The minimum Gasteiger partial charge on any atom is -0.370 e. The Morgan fingerprint density at radius 3 is 2.23 bits per heavy atom. The molecule has 2 aliphatic carbocycles. The molecule has 3 aliphatic rings. The molecule has 1 aliphatic heterocycles. The van der Waals surface area contributed by atoms with Crippen LogP contribution in [0.5, 0.6) is 0 Å². The summed E-state index contributed by atoms with van der Waals surface area (Å²) in [6, 6.07) is 20.3. The van der Waals surface area contributed by atoms with Crippen LogP contribution in [0.1, 0.15) is 47.6 Å². The van der Waals surface area contributed by atoms with Gasteiger partial charge in [0.1, 0.15) is 6.07 Å². The second-order valence-electron chi connectivity index (χ2n) is 9.20. The molecule has 3 aromatic carbocycles. The van der Waals surface area contributed by atoms with E-state index in [1.54, 1.807) is 0 Å². The van der Waals surface area contributed by atoms with E-state index in [1.807, 2.05) is 0 Å². The zero-order valence-corrected chi connectivity index (χ0v) is 17.5. The molecule has 0 saturated carbocycles. The van der Waals surface area contributed by atoms with E-state index in [2.05, 4.69) is 66.4 Å². The molecule has 3 aromatic rings. The molecule has 2 heteroatoms. The lowest BCUT2D eigenvalue weighted by Crippen LogP contribution is -2.34. The van der Waals surface area contributed by atoms with E-state index >= 15 is 0 Å². The number of hydrogen-bond donors (Lipinski definition) is 0. The van der Waals surface area contributed by atoms with Crippen molar-refractivity contribution in [3.8, 4) is 28.3 Å². The van der Waals surface area contributed by atoms with Crippen LogP contribution in [0.4, 0.5) is 5.69 Å². The average molecular weight is 391 g/mol. The van der Waals surface area contributed by atoms with E-state index < -0.39 is 0 Å². The second-order valence-corrected chi connectivity index (χ2v) is 9.20. The van der Waals surface area contributed by atoms with Gasteiger partial charge in [-0.1, -0.05) is 55.5 Å². The first-order chi connectivity index (χ1) is 14.8. The topological polar surface area (TPSA) is 27.0 Å². The molecule has 0 radical (unpaired) electrons. The molecule has 2 nitrogen and oxygen atoms in total. The lowest BCUT2D eigenvalue weighted by atomic mass is 9.78. The van der Waals surface area contributed by atoms with Gasteiger partial charge in [-0.3, -0.25) is 0 Å². The van der Waals surface area contributed by atoms with Crippen LogP contribution in [0.2, 0.25) is 0 Å². The molecule has 0 aromatic heterocycles. The fraction of sp³-hybridized carbons (Fsp3) is 0.321. The maximum atomic E-state index is 10.4. The van der Waals surface area contributed by atoms with Gasteiger partial charge in [-0.2, -0.15) is 5.26 Å². The Hall–Kier alpha value is -3.05.